The van der Waals surface area contributed by atoms with Crippen molar-refractivity contribution < 1.29 is 0 Å². The number of hydrazine groups is 1. The number of nitrogen functional groups attached to an aromatic ring is 1. The first-order chi connectivity index (χ1) is 11.8. The quantitative estimate of drug-likeness (QED) is 0.493. The summed E-state index contributed by atoms with van der Waals surface area (Å²) in [7, 11) is 0. The second-order valence-electron chi connectivity index (χ2n) is 6.32. The molecule has 0 aliphatic heterocycles. The fourth-order valence-corrected chi connectivity index (χ4v) is 2.40. The molecule has 0 bridgehead atoms. The summed E-state index contributed by atoms with van der Waals surface area (Å²) in [6, 6.07) is 13.6. The summed E-state index contributed by atoms with van der Waals surface area (Å²) < 4.78 is 1.56. The van der Waals surface area contributed by atoms with Crippen LogP contribution >= 0.6 is 0 Å². The molecule has 4 N–H and O–H groups in total. The summed E-state index contributed by atoms with van der Waals surface area (Å²) >= 11 is 0. The minimum absolute atomic E-state index is 0.0178. The predicted octanol–water partition coefficient (Wildman–Crippen LogP) is 3.68. The molecule has 25 heavy (non-hydrogen) atoms. The highest BCUT2D eigenvalue weighted by Gasteiger charge is 2.03. The average molecular weight is 338 g/mol. The van der Waals surface area contributed by atoms with Crippen LogP contribution < -0.4 is 16.8 Å². The van der Waals surface area contributed by atoms with E-state index in [0.29, 0.717) is 0 Å². The number of H-pyrrole nitrogens is 1. The van der Waals surface area contributed by atoms with Gasteiger partial charge in [-0.25, -0.2) is 4.68 Å². The van der Waals surface area contributed by atoms with Crippen LogP contribution in [0.3, 0.4) is 0 Å². The Labute approximate surface area is 148 Å². The van der Waals surface area contributed by atoms with Gasteiger partial charge in [0.25, 0.3) is 5.56 Å². The summed E-state index contributed by atoms with van der Waals surface area (Å²) in [6.45, 7) is 10.1. The third-order valence-electron chi connectivity index (χ3n) is 4.27. The van der Waals surface area contributed by atoms with Crippen molar-refractivity contribution in [1.29, 1.82) is 0 Å². The van der Waals surface area contributed by atoms with Gasteiger partial charge in [-0.3, -0.25) is 15.7 Å². The minimum atomic E-state index is -0.0178. The number of nitrogens with one attached hydrogen (secondary N) is 2. The molecule has 5 heteroatoms. The van der Waals surface area contributed by atoms with E-state index in [1.165, 1.54) is 22.3 Å². The van der Waals surface area contributed by atoms with E-state index in [2.05, 4.69) is 31.3 Å². The third-order valence-corrected chi connectivity index (χ3v) is 4.27. The first-order valence-corrected chi connectivity index (χ1v) is 8.22. The Morgan fingerprint density at radius 3 is 1.92 bits per heavy atom. The molecule has 5 nitrogen and oxygen atoms in total. The maximum atomic E-state index is 11.6. The highest BCUT2D eigenvalue weighted by atomic mass is 16.1. The standard InChI is InChI=1S/C12H14N2O.C8H12N2/c1-8-4-5-11(6-9(8)2)14-12(15)7-10(3)13-14;1-6-3-4-8(10-9)5-7(6)2/h4-7,13H,1-3H3;3-5,10H,9H2,1-2H3. The van der Waals surface area contributed by atoms with Gasteiger partial charge in [-0.1, -0.05) is 12.1 Å². The molecule has 3 aromatic rings. The van der Waals surface area contributed by atoms with E-state index in [9.17, 15) is 4.79 Å². The Kier molecular flexibility index (Phi) is 5.83. The van der Waals surface area contributed by atoms with E-state index in [4.69, 9.17) is 5.84 Å². The van der Waals surface area contributed by atoms with Crippen LogP contribution in [0.25, 0.3) is 5.69 Å². The highest BCUT2D eigenvalue weighted by molar-refractivity contribution is 5.46. The van der Waals surface area contributed by atoms with E-state index in [1.807, 2.05) is 50.2 Å². The molecule has 0 saturated carbocycles. The molecular weight excluding hydrogens is 312 g/mol. The predicted molar refractivity (Wildman–Crippen MR) is 104 cm³/mol. The monoisotopic (exact) mass is 338 g/mol. The average Bonchev–Trinajstić information content (AvgIpc) is 2.92. The molecule has 0 spiro atoms. The van der Waals surface area contributed by atoms with Crippen molar-refractivity contribution in [3.63, 3.8) is 0 Å². The molecule has 2 aromatic carbocycles. The Balaban J connectivity index is 0.000000196. The van der Waals surface area contributed by atoms with Gasteiger partial charge in [0.15, 0.2) is 0 Å². The van der Waals surface area contributed by atoms with Crippen molar-refractivity contribution in [2.75, 3.05) is 5.43 Å². The molecule has 0 radical (unpaired) electrons. The number of hydrogen-bond acceptors (Lipinski definition) is 3. The van der Waals surface area contributed by atoms with Gasteiger partial charge < -0.3 is 5.43 Å². The minimum Gasteiger partial charge on any atom is -0.324 e. The zero-order chi connectivity index (χ0) is 18.6. The molecule has 1 heterocycles. The van der Waals surface area contributed by atoms with Gasteiger partial charge in [0, 0.05) is 17.4 Å². The molecule has 0 unspecified atom stereocenters. The molecule has 0 saturated heterocycles. The number of nitrogens with zero attached hydrogens (tertiary/aromatic N) is 1. The lowest BCUT2D eigenvalue weighted by Crippen LogP contribution is -2.13. The Bertz CT molecular complexity index is 922. The van der Waals surface area contributed by atoms with Crippen molar-refractivity contribution in [3.05, 3.63) is 80.8 Å². The summed E-state index contributed by atoms with van der Waals surface area (Å²) in [5, 5.41) is 3.01. The lowest BCUT2D eigenvalue weighted by Gasteiger charge is -2.05. The van der Waals surface area contributed by atoms with Gasteiger partial charge in [0.2, 0.25) is 0 Å². The van der Waals surface area contributed by atoms with Gasteiger partial charge in [0.05, 0.1) is 5.69 Å². The first-order valence-electron chi connectivity index (χ1n) is 8.22. The zero-order valence-electron chi connectivity index (χ0n) is 15.5. The molecule has 0 fully saturated rings. The van der Waals surface area contributed by atoms with E-state index >= 15 is 0 Å². The summed E-state index contributed by atoms with van der Waals surface area (Å²) in [5.74, 6) is 5.22. The fraction of sp³-hybridized carbons (Fsp3) is 0.250. The molecule has 132 valence electrons. The fourth-order valence-electron chi connectivity index (χ4n) is 2.40. The number of hydrogen-bond donors (Lipinski definition) is 3. The lowest BCUT2D eigenvalue weighted by molar-refractivity contribution is 0.833. The summed E-state index contributed by atoms with van der Waals surface area (Å²) in [5.41, 5.74) is 10.3. The number of nitrogens with two attached hydrogens (primary N) is 1. The number of anilines is 1. The molecular formula is C20H26N4O. The van der Waals surface area contributed by atoms with Gasteiger partial charge in [-0.15, -0.1) is 0 Å². The molecule has 0 amide bonds. The normalized spacial score (nSPS) is 10.2. The molecule has 1 aromatic heterocycles. The Hall–Kier alpha value is -2.79. The maximum Gasteiger partial charge on any atom is 0.271 e. The second-order valence-corrected chi connectivity index (χ2v) is 6.32. The zero-order valence-corrected chi connectivity index (χ0v) is 15.5. The van der Waals surface area contributed by atoms with Crippen molar-refractivity contribution in [2.45, 2.75) is 34.6 Å². The van der Waals surface area contributed by atoms with Crippen LogP contribution in [-0.2, 0) is 0 Å². The van der Waals surface area contributed by atoms with Crippen molar-refractivity contribution in [2.24, 2.45) is 5.84 Å². The molecule has 3 rings (SSSR count). The Morgan fingerprint density at radius 2 is 1.44 bits per heavy atom. The Morgan fingerprint density at radius 1 is 0.840 bits per heavy atom. The van der Waals surface area contributed by atoms with Gasteiger partial charge in [-0.05, 0) is 81.1 Å². The largest absolute Gasteiger partial charge is 0.324 e. The van der Waals surface area contributed by atoms with Crippen LogP contribution in [0.1, 0.15) is 27.9 Å². The van der Waals surface area contributed by atoms with Crippen molar-refractivity contribution >= 4 is 5.69 Å². The number of aromatic nitrogens is 2. The first kappa shape index (κ1) is 18.5. The van der Waals surface area contributed by atoms with E-state index in [-0.39, 0.29) is 5.56 Å². The summed E-state index contributed by atoms with van der Waals surface area (Å²) in [6.07, 6.45) is 0. The smallest absolute Gasteiger partial charge is 0.271 e. The van der Waals surface area contributed by atoms with Crippen LogP contribution in [0.5, 0.6) is 0 Å². The van der Waals surface area contributed by atoms with Crippen molar-refractivity contribution in [1.82, 2.24) is 9.78 Å². The molecule has 0 aliphatic rings. The van der Waals surface area contributed by atoms with Gasteiger partial charge >= 0.3 is 0 Å². The topological polar surface area (TPSA) is 75.8 Å². The van der Waals surface area contributed by atoms with Crippen LogP contribution in [0.4, 0.5) is 5.69 Å². The SMILES string of the molecule is Cc1cc(=O)n(-c2ccc(C)c(C)c2)[nH]1.Cc1ccc(NN)cc1C. The van der Waals surface area contributed by atoms with Crippen molar-refractivity contribution in [3.8, 4) is 5.69 Å². The lowest BCUT2D eigenvalue weighted by atomic mass is 10.1. The van der Waals surface area contributed by atoms with E-state index in [0.717, 1.165) is 17.1 Å². The van der Waals surface area contributed by atoms with Crippen LogP contribution in [0.15, 0.2) is 47.3 Å². The van der Waals surface area contributed by atoms with Gasteiger partial charge in [-0.2, -0.15) is 0 Å². The highest BCUT2D eigenvalue weighted by Crippen LogP contribution is 2.13. The number of benzene rings is 2. The molecule has 0 aliphatic carbocycles. The van der Waals surface area contributed by atoms with E-state index < -0.39 is 0 Å². The summed E-state index contributed by atoms with van der Waals surface area (Å²) in [4.78, 5) is 11.6. The number of rotatable bonds is 2. The van der Waals surface area contributed by atoms with Gasteiger partial charge in [0.1, 0.15) is 0 Å². The third kappa shape index (κ3) is 4.61. The maximum absolute atomic E-state index is 11.6. The molecule has 0 atom stereocenters. The van der Waals surface area contributed by atoms with Crippen LogP contribution in [0, 0.1) is 34.6 Å². The van der Waals surface area contributed by atoms with E-state index in [1.54, 1.807) is 10.7 Å². The number of aromatic amines is 1. The number of aryl methyl sites for hydroxylation is 5. The second kappa shape index (κ2) is 7.85. The van der Waals surface area contributed by atoms with Crippen LogP contribution in [-0.4, -0.2) is 9.78 Å². The van der Waals surface area contributed by atoms with Crippen LogP contribution in [0.2, 0.25) is 0 Å².